The first-order chi connectivity index (χ1) is 11.5. The van der Waals surface area contributed by atoms with E-state index in [-0.39, 0.29) is 24.3 Å². The maximum atomic E-state index is 13.8. The molecule has 5 nitrogen and oxygen atoms in total. The van der Waals surface area contributed by atoms with Crippen LogP contribution in [0.15, 0.2) is 48.5 Å². The van der Waals surface area contributed by atoms with Gasteiger partial charge in [-0.05, 0) is 24.6 Å². The molecular weight excluding hydrogens is 311 g/mol. The Morgan fingerprint density at radius 3 is 2.50 bits per heavy atom. The average molecular weight is 330 g/mol. The summed E-state index contributed by atoms with van der Waals surface area (Å²) < 4.78 is 19.0. The van der Waals surface area contributed by atoms with Gasteiger partial charge in [-0.3, -0.25) is 9.59 Å². The molecule has 2 rings (SSSR count). The Balaban J connectivity index is 2.19. The van der Waals surface area contributed by atoms with Gasteiger partial charge in [0, 0.05) is 6.42 Å². The lowest BCUT2D eigenvalue weighted by molar-refractivity contribution is -0.119. The minimum Gasteiger partial charge on any atom is -0.490 e. The third-order valence-electron chi connectivity index (χ3n) is 3.43. The number of rotatable bonds is 7. The minimum atomic E-state index is -0.905. The Bertz CT molecular complexity index is 719. The monoisotopic (exact) mass is 330 g/mol. The van der Waals surface area contributed by atoms with Gasteiger partial charge in [0.15, 0.2) is 11.6 Å². The predicted molar refractivity (Wildman–Crippen MR) is 88.2 cm³/mol. The number of nitrogens with one attached hydrogen (secondary N) is 1. The Morgan fingerprint density at radius 2 is 1.88 bits per heavy atom. The molecule has 24 heavy (non-hydrogen) atoms. The fourth-order valence-electron chi connectivity index (χ4n) is 2.29. The van der Waals surface area contributed by atoms with Gasteiger partial charge in [-0.2, -0.15) is 0 Å². The van der Waals surface area contributed by atoms with Crippen LogP contribution >= 0.6 is 0 Å². The van der Waals surface area contributed by atoms with Gasteiger partial charge in [-0.25, -0.2) is 4.39 Å². The summed E-state index contributed by atoms with van der Waals surface area (Å²) in [5.74, 6) is -2.05. The van der Waals surface area contributed by atoms with Crippen molar-refractivity contribution >= 4 is 11.8 Å². The maximum Gasteiger partial charge on any atom is 0.255 e. The number of ether oxygens (including phenoxy) is 1. The number of halogens is 1. The molecule has 0 aliphatic carbocycles. The highest BCUT2D eigenvalue weighted by Gasteiger charge is 2.22. The van der Waals surface area contributed by atoms with Gasteiger partial charge < -0.3 is 15.8 Å². The molecule has 6 heteroatoms. The van der Waals surface area contributed by atoms with Gasteiger partial charge in [-0.15, -0.1) is 0 Å². The highest BCUT2D eigenvalue weighted by Crippen LogP contribution is 2.22. The van der Waals surface area contributed by atoms with E-state index in [2.05, 4.69) is 5.32 Å². The van der Waals surface area contributed by atoms with Crippen molar-refractivity contribution in [2.45, 2.75) is 19.4 Å². The molecule has 0 bridgehead atoms. The molecule has 2 aromatic rings. The first-order valence-electron chi connectivity index (χ1n) is 7.58. The van der Waals surface area contributed by atoms with Crippen molar-refractivity contribution in [2.24, 2.45) is 5.73 Å². The van der Waals surface area contributed by atoms with Crippen molar-refractivity contribution < 1.29 is 18.7 Å². The molecule has 0 aliphatic heterocycles. The van der Waals surface area contributed by atoms with Gasteiger partial charge in [0.05, 0.1) is 12.2 Å². The molecule has 1 unspecified atom stereocenters. The van der Waals surface area contributed by atoms with E-state index in [9.17, 15) is 14.0 Å². The molecule has 0 heterocycles. The normalized spacial score (nSPS) is 11.6. The highest BCUT2D eigenvalue weighted by molar-refractivity contribution is 5.99. The third kappa shape index (κ3) is 4.32. The fourth-order valence-corrected chi connectivity index (χ4v) is 2.29. The molecule has 1 atom stereocenters. The van der Waals surface area contributed by atoms with Crippen LogP contribution in [0.5, 0.6) is 5.75 Å². The van der Waals surface area contributed by atoms with Crippen LogP contribution in [0.4, 0.5) is 4.39 Å². The summed E-state index contributed by atoms with van der Waals surface area (Å²) in [4.78, 5) is 24.1. The largest absolute Gasteiger partial charge is 0.490 e. The van der Waals surface area contributed by atoms with Crippen LogP contribution in [-0.4, -0.2) is 24.5 Å². The van der Waals surface area contributed by atoms with Crippen molar-refractivity contribution in [1.82, 2.24) is 5.32 Å². The van der Waals surface area contributed by atoms with Crippen LogP contribution in [-0.2, 0) is 11.2 Å². The zero-order valence-electron chi connectivity index (χ0n) is 13.3. The summed E-state index contributed by atoms with van der Waals surface area (Å²) in [6.07, 6.45) is 0.251. The summed E-state index contributed by atoms with van der Waals surface area (Å²) in [6, 6.07) is 12.3. The number of carbonyl (C=O) groups is 2. The highest BCUT2D eigenvalue weighted by atomic mass is 19.1. The Hall–Kier alpha value is -2.89. The molecule has 3 N–H and O–H groups in total. The topological polar surface area (TPSA) is 81.4 Å². The lowest BCUT2D eigenvalue weighted by atomic mass is 10.0. The molecule has 2 amide bonds. The number of hydrogen-bond donors (Lipinski definition) is 2. The lowest BCUT2D eigenvalue weighted by Crippen LogP contribution is -2.46. The van der Waals surface area contributed by atoms with Gasteiger partial charge in [-0.1, -0.05) is 36.4 Å². The number of hydrogen-bond acceptors (Lipinski definition) is 3. The number of primary amides is 1. The van der Waals surface area contributed by atoms with Crippen molar-refractivity contribution in [1.29, 1.82) is 0 Å². The van der Waals surface area contributed by atoms with E-state index in [1.54, 1.807) is 6.92 Å². The Labute approximate surface area is 139 Å². The van der Waals surface area contributed by atoms with Gasteiger partial charge in [0.25, 0.3) is 5.91 Å². The number of nitrogens with two attached hydrogens (primary N) is 1. The summed E-state index contributed by atoms with van der Waals surface area (Å²) in [7, 11) is 0. The quantitative estimate of drug-likeness (QED) is 0.815. The smallest absolute Gasteiger partial charge is 0.255 e. The van der Waals surface area contributed by atoms with Crippen LogP contribution in [0.25, 0.3) is 0 Å². The van der Waals surface area contributed by atoms with Crippen LogP contribution in [0.2, 0.25) is 0 Å². The van der Waals surface area contributed by atoms with E-state index in [4.69, 9.17) is 10.5 Å². The maximum absolute atomic E-state index is 13.8. The standard InChI is InChI=1S/C18H19FN2O3/c1-2-24-16-13(9-6-10-14(16)19)18(23)21-15(17(20)22)11-12-7-4-3-5-8-12/h3-10,15H,2,11H2,1H3,(H2,20,22)(H,21,23). The Kier molecular flexibility index (Phi) is 5.89. The van der Waals surface area contributed by atoms with E-state index in [1.807, 2.05) is 30.3 Å². The van der Waals surface area contributed by atoms with E-state index in [0.717, 1.165) is 5.56 Å². The molecule has 2 aromatic carbocycles. The fraction of sp³-hybridized carbons (Fsp3) is 0.222. The molecule has 126 valence electrons. The minimum absolute atomic E-state index is 0.0242. The molecule has 0 saturated heterocycles. The SMILES string of the molecule is CCOc1c(F)cccc1C(=O)NC(Cc1ccccc1)C(N)=O. The van der Waals surface area contributed by atoms with E-state index >= 15 is 0 Å². The Morgan fingerprint density at radius 1 is 1.17 bits per heavy atom. The van der Waals surface area contributed by atoms with Crippen LogP contribution in [0, 0.1) is 5.82 Å². The molecule has 0 saturated carbocycles. The van der Waals surface area contributed by atoms with Crippen LogP contribution in [0.3, 0.4) is 0 Å². The van der Waals surface area contributed by atoms with Crippen molar-refractivity contribution in [3.63, 3.8) is 0 Å². The molecule has 0 aliphatic rings. The van der Waals surface area contributed by atoms with Crippen LogP contribution in [0.1, 0.15) is 22.8 Å². The summed E-state index contributed by atoms with van der Waals surface area (Å²) in [5.41, 5.74) is 6.26. The predicted octanol–water partition coefficient (Wildman–Crippen LogP) is 2.05. The first-order valence-corrected chi connectivity index (χ1v) is 7.58. The van der Waals surface area contributed by atoms with E-state index in [0.29, 0.717) is 0 Å². The number of para-hydroxylation sites is 1. The number of carbonyl (C=O) groups excluding carboxylic acids is 2. The average Bonchev–Trinajstić information content (AvgIpc) is 2.57. The van der Waals surface area contributed by atoms with E-state index in [1.165, 1.54) is 18.2 Å². The molecule has 0 spiro atoms. The van der Waals surface area contributed by atoms with Crippen molar-refractivity contribution in [3.05, 3.63) is 65.5 Å². The van der Waals surface area contributed by atoms with Crippen molar-refractivity contribution in [2.75, 3.05) is 6.61 Å². The number of benzene rings is 2. The zero-order chi connectivity index (χ0) is 17.5. The summed E-state index contributed by atoms with van der Waals surface area (Å²) in [5, 5.41) is 2.55. The summed E-state index contributed by atoms with van der Waals surface area (Å²) >= 11 is 0. The molecule has 0 fully saturated rings. The van der Waals surface area contributed by atoms with Gasteiger partial charge in [0.1, 0.15) is 6.04 Å². The second kappa shape index (κ2) is 8.10. The zero-order valence-corrected chi connectivity index (χ0v) is 13.3. The third-order valence-corrected chi connectivity index (χ3v) is 3.43. The van der Waals surface area contributed by atoms with Gasteiger partial charge in [0.2, 0.25) is 5.91 Å². The van der Waals surface area contributed by atoms with Crippen LogP contribution < -0.4 is 15.8 Å². The van der Waals surface area contributed by atoms with Crippen molar-refractivity contribution in [3.8, 4) is 5.75 Å². The second-order valence-corrected chi connectivity index (χ2v) is 5.17. The van der Waals surface area contributed by atoms with E-state index < -0.39 is 23.7 Å². The number of amides is 2. The molecule has 0 radical (unpaired) electrons. The first kappa shape index (κ1) is 17.5. The molecule has 0 aromatic heterocycles. The molecular formula is C18H19FN2O3. The second-order valence-electron chi connectivity index (χ2n) is 5.17. The van der Waals surface area contributed by atoms with Gasteiger partial charge >= 0.3 is 0 Å². The summed E-state index contributed by atoms with van der Waals surface area (Å²) in [6.45, 7) is 1.90. The lowest BCUT2D eigenvalue weighted by Gasteiger charge is -2.17.